The van der Waals surface area contributed by atoms with Gasteiger partial charge in [0, 0.05) is 5.69 Å². The number of ether oxygens (including phenoxy) is 1. The number of rotatable bonds is 7. The molecular weight excluding hydrogens is 340 g/mol. The molecule has 134 valence electrons. The quantitative estimate of drug-likeness (QED) is 0.791. The Morgan fingerprint density at radius 3 is 2.24 bits per heavy atom. The summed E-state index contributed by atoms with van der Waals surface area (Å²) in [6.45, 7) is 3.76. The van der Waals surface area contributed by atoms with Crippen molar-refractivity contribution in [1.82, 2.24) is 0 Å². The van der Waals surface area contributed by atoms with Crippen molar-refractivity contribution in [3.63, 3.8) is 0 Å². The van der Waals surface area contributed by atoms with Crippen LogP contribution in [0, 0.1) is 0 Å². The molecule has 0 aliphatic carbocycles. The summed E-state index contributed by atoms with van der Waals surface area (Å²) in [6, 6.07) is 13.3. The molecule has 1 atom stereocenters. The predicted molar refractivity (Wildman–Crippen MR) is 97.0 cm³/mol. The fraction of sp³-hybridized carbons (Fsp3) is 0.278. The summed E-state index contributed by atoms with van der Waals surface area (Å²) in [7, 11) is -3.75. The number of carbonyl (C=O) groups is 1. The van der Waals surface area contributed by atoms with Gasteiger partial charge in [0.15, 0.2) is 6.10 Å². The number of hydrogen-bond acceptors (Lipinski definition) is 4. The van der Waals surface area contributed by atoms with Crippen LogP contribution < -0.4 is 15.2 Å². The lowest BCUT2D eigenvalue weighted by molar-refractivity contribution is -0.122. The summed E-state index contributed by atoms with van der Waals surface area (Å²) in [5.74, 6) is 0.285. The first-order valence-electron chi connectivity index (χ1n) is 7.99. The number of amides is 1. The molecule has 0 aliphatic heterocycles. The summed E-state index contributed by atoms with van der Waals surface area (Å²) >= 11 is 0. The Kier molecular flexibility index (Phi) is 6.17. The number of carbonyl (C=O) groups excluding carboxylic acids is 1. The van der Waals surface area contributed by atoms with Gasteiger partial charge >= 0.3 is 0 Å². The Balaban J connectivity index is 1.95. The molecule has 6 nitrogen and oxygen atoms in total. The van der Waals surface area contributed by atoms with Crippen LogP contribution in [0.2, 0.25) is 0 Å². The van der Waals surface area contributed by atoms with Gasteiger partial charge in [-0.25, -0.2) is 13.6 Å². The molecule has 0 heterocycles. The summed E-state index contributed by atoms with van der Waals surface area (Å²) < 4.78 is 28.1. The zero-order valence-electron chi connectivity index (χ0n) is 14.2. The topological polar surface area (TPSA) is 98.5 Å². The lowest BCUT2D eigenvalue weighted by atomic mass is 10.1. The van der Waals surface area contributed by atoms with Crippen molar-refractivity contribution in [2.75, 3.05) is 5.32 Å². The number of hydrogen-bond donors (Lipinski definition) is 2. The highest BCUT2D eigenvalue weighted by molar-refractivity contribution is 7.89. The van der Waals surface area contributed by atoms with Crippen molar-refractivity contribution in [2.45, 2.75) is 37.7 Å². The van der Waals surface area contributed by atoms with Crippen molar-refractivity contribution in [3.05, 3.63) is 54.1 Å². The molecule has 1 amide bonds. The molecule has 0 spiro atoms. The predicted octanol–water partition coefficient (Wildman–Crippen LogP) is 2.69. The molecule has 0 radical (unpaired) electrons. The van der Waals surface area contributed by atoms with Crippen LogP contribution in [-0.4, -0.2) is 20.4 Å². The van der Waals surface area contributed by atoms with Gasteiger partial charge in [-0.15, -0.1) is 0 Å². The van der Waals surface area contributed by atoms with Crippen LogP contribution in [0.15, 0.2) is 53.4 Å². The van der Waals surface area contributed by atoms with Crippen LogP contribution in [0.3, 0.4) is 0 Å². The van der Waals surface area contributed by atoms with E-state index in [1.54, 1.807) is 6.92 Å². The lowest BCUT2D eigenvalue weighted by Crippen LogP contribution is -2.30. The van der Waals surface area contributed by atoms with Gasteiger partial charge in [-0.2, -0.15) is 0 Å². The van der Waals surface area contributed by atoms with Gasteiger partial charge in [-0.3, -0.25) is 4.79 Å². The number of anilines is 1. The standard InChI is InChI=1S/C18H22N2O4S/c1-3-4-14-5-9-16(10-6-14)24-13(2)18(21)20-15-7-11-17(12-8-15)25(19,22)23/h5-13H,3-4H2,1-2H3,(H,20,21)(H2,19,22,23). The van der Waals surface area contributed by atoms with E-state index in [-0.39, 0.29) is 10.8 Å². The second kappa shape index (κ2) is 8.13. The molecule has 0 saturated carbocycles. The summed E-state index contributed by atoms with van der Waals surface area (Å²) in [5, 5.41) is 7.71. The maximum atomic E-state index is 12.2. The van der Waals surface area contributed by atoms with Gasteiger partial charge in [0.2, 0.25) is 10.0 Å². The molecular formula is C18H22N2O4S. The minimum Gasteiger partial charge on any atom is -0.481 e. The summed E-state index contributed by atoms with van der Waals surface area (Å²) in [5.41, 5.74) is 1.69. The molecule has 0 fully saturated rings. The van der Waals surface area contributed by atoms with Gasteiger partial charge in [0.25, 0.3) is 5.91 Å². The van der Waals surface area contributed by atoms with E-state index in [4.69, 9.17) is 9.88 Å². The first kappa shape index (κ1) is 19.0. The molecule has 2 rings (SSSR count). The Labute approximate surface area is 148 Å². The minimum absolute atomic E-state index is 0.0121. The number of nitrogens with two attached hydrogens (primary N) is 1. The summed E-state index contributed by atoms with van der Waals surface area (Å²) in [6.07, 6.45) is 1.38. The molecule has 25 heavy (non-hydrogen) atoms. The van der Waals surface area contributed by atoms with Gasteiger partial charge in [-0.05, 0) is 55.3 Å². The van der Waals surface area contributed by atoms with Crippen molar-refractivity contribution >= 4 is 21.6 Å². The second-order valence-corrected chi connectivity index (χ2v) is 7.27. The molecule has 2 aromatic carbocycles. The third-order valence-corrected chi connectivity index (χ3v) is 4.52. The van der Waals surface area contributed by atoms with Gasteiger partial charge in [0.05, 0.1) is 4.90 Å². The van der Waals surface area contributed by atoms with Crippen LogP contribution >= 0.6 is 0 Å². The van der Waals surface area contributed by atoms with E-state index in [1.807, 2.05) is 24.3 Å². The zero-order chi connectivity index (χ0) is 18.4. The lowest BCUT2D eigenvalue weighted by Gasteiger charge is -2.15. The van der Waals surface area contributed by atoms with E-state index in [2.05, 4.69) is 12.2 Å². The summed E-state index contributed by atoms with van der Waals surface area (Å²) in [4.78, 5) is 12.2. The van der Waals surface area contributed by atoms with Crippen LogP contribution in [0.25, 0.3) is 0 Å². The van der Waals surface area contributed by atoms with Crippen molar-refractivity contribution in [3.8, 4) is 5.75 Å². The van der Waals surface area contributed by atoms with Crippen LogP contribution in [-0.2, 0) is 21.2 Å². The normalized spacial score (nSPS) is 12.4. The smallest absolute Gasteiger partial charge is 0.265 e. The number of primary sulfonamides is 1. The molecule has 2 aromatic rings. The number of sulfonamides is 1. The number of nitrogens with one attached hydrogen (secondary N) is 1. The van der Waals surface area contributed by atoms with E-state index in [9.17, 15) is 13.2 Å². The Morgan fingerprint density at radius 1 is 1.12 bits per heavy atom. The van der Waals surface area contributed by atoms with Crippen LogP contribution in [0.5, 0.6) is 5.75 Å². The largest absolute Gasteiger partial charge is 0.481 e. The van der Waals surface area contributed by atoms with Crippen molar-refractivity contribution in [1.29, 1.82) is 0 Å². The van der Waals surface area contributed by atoms with Gasteiger partial charge < -0.3 is 10.1 Å². The van der Waals surface area contributed by atoms with E-state index in [0.29, 0.717) is 11.4 Å². The average Bonchev–Trinajstić information content (AvgIpc) is 2.56. The van der Waals surface area contributed by atoms with Crippen LogP contribution in [0.1, 0.15) is 25.8 Å². The number of benzene rings is 2. The highest BCUT2D eigenvalue weighted by Crippen LogP contribution is 2.17. The third-order valence-electron chi connectivity index (χ3n) is 3.59. The van der Waals surface area contributed by atoms with E-state index >= 15 is 0 Å². The van der Waals surface area contributed by atoms with E-state index < -0.39 is 16.1 Å². The number of aryl methyl sites for hydroxylation is 1. The van der Waals surface area contributed by atoms with Crippen molar-refractivity contribution < 1.29 is 17.9 Å². The maximum Gasteiger partial charge on any atom is 0.265 e. The molecule has 7 heteroatoms. The van der Waals surface area contributed by atoms with Gasteiger partial charge in [-0.1, -0.05) is 25.5 Å². The van der Waals surface area contributed by atoms with Crippen LogP contribution in [0.4, 0.5) is 5.69 Å². The van der Waals surface area contributed by atoms with Gasteiger partial charge in [0.1, 0.15) is 5.75 Å². The molecule has 0 aliphatic rings. The maximum absolute atomic E-state index is 12.2. The average molecular weight is 362 g/mol. The Morgan fingerprint density at radius 2 is 1.72 bits per heavy atom. The highest BCUT2D eigenvalue weighted by atomic mass is 32.2. The fourth-order valence-electron chi connectivity index (χ4n) is 2.25. The first-order valence-corrected chi connectivity index (χ1v) is 9.53. The molecule has 0 bridgehead atoms. The fourth-order valence-corrected chi connectivity index (χ4v) is 2.77. The highest BCUT2D eigenvalue weighted by Gasteiger charge is 2.15. The molecule has 1 unspecified atom stereocenters. The molecule has 3 N–H and O–H groups in total. The van der Waals surface area contributed by atoms with Crippen molar-refractivity contribution in [2.24, 2.45) is 5.14 Å². The Hall–Kier alpha value is -2.38. The van der Waals surface area contributed by atoms with E-state index in [0.717, 1.165) is 12.8 Å². The monoisotopic (exact) mass is 362 g/mol. The van der Waals surface area contributed by atoms with E-state index in [1.165, 1.54) is 29.8 Å². The first-order chi connectivity index (χ1) is 11.8. The zero-order valence-corrected chi connectivity index (χ0v) is 15.0. The third kappa shape index (κ3) is 5.58. The second-order valence-electron chi connectivity index (χ2n) is 5.71. The Bertz CT molecular complexity index is 815. The minimum atomic E-state index is -3.75. The SMILES string of the molecule is CCCc1ccc(OC(C)C(=O)Nc2ccc(S(N)(=O)=O)cc2)cc1. The molecule has 0 aromatic heterocycles. The molecule has 0 saturated heterocycles.